The topological polar surface area (TPSA) is 9.23 Å². The second-order valence-corrected chi connectivity index (χ2v) is 4.24. The molecule has 0 atom stereocenters. The lowest BCUT2D eigenvalue weighted by molar-refractivity contribution is -0.0166. The highest BCUT2D eigenvalue weighted by molar-refractivity contribution is 6.31. The zero-order chi connectivity index (χ0) is 9.47. The Morgan fingerprint density at radius 2 is 2.08 bits per heavy atom. The molecule has 70 valence electrons. The Kier molecular flexibility index (Phi) is 2.22. The van der Waals surface area contributed by atoms with Crippen LogP contribution in [-0.4, -0.2) is 13.2 Å². The molecule has 0 unspecified atom stereocenters. The van der Waals surface area contributed by atoms with Crippen LogP contribution in [0.3, 0.4) is 0 Å². The van der Waals surface area contributed by atoms with E-state index in [1.54, 1.807) is 6.07 Å². The van der Waals surface area contributed by atoms with Crippen molar-refractivity contribution >= 4 is 23.2 Å². The molecule has 13 heavy (non-hydrogen) atoms. The van der Waals surface area contributed by atoms with Crippen LogP contribution in [-0.2, 0) is 9.61 Å². The summed E-state index contributed by atoms with van der Waals surface area (Å²) in [5.74, 6) is -0.331. The Morgan fingerprint density at radius 3 is 2.62 bits per heavy atom. The summed E-state index contributed by atoms with van der Waals surface area (Å²) < 4.78 is 18.2. The molecule has 1 aromatic carbocycles. The molecule has 0 aromatic heterocycles. The molecule has 0 amide bonds. The molecule has 1 nitrogen and oxygen atoms in total. The summed E-state index contributed by atoms with van der Waals surface area (Å²) in [4.78, 5) is -0.713. The van der Waals surface area contributed by atoms with Crippen molar-refractivity contribution in [3.8, 4) is 0 Å². The molecule has 2 rings (SSSR count). The van der Waals surface area contributed by atoms with Crippen LogP contribution >= 0.6 is 23.2 Å². The Bertz CT molecular complexity index is 336. The number of alkyl halides is 1. The SMILES string of the molecule is Fc1ccc(Cl)cc1C1(Cl)COC1. The summed E-state index contributed by atoms with van der Waals surface area (Å²) in [5.41, 5.74) is 0.424. The second kappa shape index (κ2) is 3.12. The minimum absolute atomic E-state index is 0.331. The summed E-state index contributed by atoms with van der Waals surface area (Å²) in [7, 11) is 0. The molecule has 0 aliphatic carbocycles. The van der Waals surface area contributed by atoms with Crippen LogP contribution in [0.1, 0.15) is 5.56 Å². The second-order valence-electron chi connectivity index (χ2n) is 3.08. The van der Waals surface area contributed by atoms with Crippen LogP contribution in [0, 0.1) is 5.82 Å². The van der Waals surface area contributed by atoms with E-state index >= 15 is 0 Å². The van der Waals surface area contributed by atoms with Crippen molar-refractivity contribution in [2.24, 2.45) is 0 Å². The van der Waals surface area contributed by atoms with E-state index < -0.39 is 4.87 Å². The third kappa shape index (κ3) is 1.54. The van der Waals surface area contributed by atoms with Crippen LogP contribution in [0.2, 0.25) is 5.02 Å². The van der Waals surface area contributed by atoms with Gasteiger partial charge in [-0.2, -0.15) is 0 Å². The molecule has 0 N–H and O–H groups in total. The Morgan fingerprint density at radius 1 is 1.38 bits per heavy atom. The summed E-state index contributed by atoms with van der Waals surface area (Å²) in [6.07, 6.45) is 0. The first kappa shape index (κ1) is 9.25. The van der Waals surface area contributed by atoms with Crippen LogP contribution in [0.4, 0.5) is 4.39 Å². The predicted octanol–water partition coefficient (Wildman–Crippen LogP) is 2.94. The smallest absolute Gasteiger partial charge is 0.128 e. The average Bonchev–Trinajstić information content (AvgIpc) is 2.05. The van der Waals surface area contributed by atoms with Crippen molar-refractivity contribution in [2.45, 2.75) is 4.87 Å². The average molecular weight is 221 g/mol. The summed E-state index contributed by atoms with van der Waals surface area (Å²) in [6, 6.07) is 4.37. The van der Waals surface area contributed by atoms with Gasteiger partial charge in [0.2, 0.25) is 0 Å². The molecule has 1 heterocycles. The van der Waals surface area contributed by atoms with Crippen molar-refractivity contribution in [3.63, 3.8) is 0 Å². The summed E-state index contributed by atoms with van der Waals surface area (Å²) in [6.45, 7) is 0.678. The van der Waals surface area contributed by atoms with E-state index in [0.29, 0.717) is 23.8 Å². The van der Waals surface area contributed by atoms with E-state index in [4.69, 9.17) is 27.9 Å². The van der Waals surface area contributed by atoms with Crippen LogP contribution < -0.4 is 0 Å². The van der Waals surface area contributed by atoms with Gasteiger partial charge in [0.15, 0.2) is 0 Å². The van der Waals surface area contributed by atoms with Gasteiger partial charge in [0, 0.05) is 10.6 Å². The van der Waals surface area contributed by atoms with E-state index in [1.807, 2.05) is 0 Å². The maximum atomic E-state index is 13.3. The number of hydrogen-bond donors (Lipinski definition) is 0. The Balaban J connectivity index is 2.43. The van der Waals surface area contributed by atoms with Crippen molar-refractivity contribution in [1.29, 1.82) is 0 Å². The summed E-state index contributed by atoms with van der Waals surface area (Å²) in [5, 5.41) is 0.489. The quantitative estimate of drug-likeness (QED) is 0.662. The minimum atomic E-state index is -0.713. The van der Waals surface area contributed by atoms with E-state index in [2.05, 4.69) is 0 Å². The zero-order valence-corrected chi connectivity index (χ0v) is 8.20. The molecule has 1 aliphatic heterocycles. The fraction of sp³-hybridized carbons (Fsp3) is 0.333. The van der Waals surface area contributed by atoms with Gasteiger partial charge < -0.3 is 4.74 Å². The largest absolute Gasteiger partial charge is 0.377 e. The lowest BCUT2D eigenvalue weighted by Crippen LogP contribution is -2.42. The van der Waals surface area contributed by atoms with Gasteiger partial charge in [-0.15, -0.1) is 11.6 Å². The third-order valence-electron chi connectivity index (χ3n) is 2.07. The third-order valence-corrected chi connectivity index (χ3v) is 2.73. The molecule has 1 aliphatic rings. The number of ether oxygens (including phenoxy) is 1. The van der Waals surface area contributed by atoms with Crippen LogP contribution in [0.5, 0.6) is 0 Å². The maximum Gasteiger partial charge on any atom is 0.128 e. The molecule has 1 aromatic rings. The lowest BCUT2D eigenvalue weighted by Gasteiger charge is -2.36. The standard InChI is InChI=1S/C9H7Cl2FO/c10-6-1-2-8(12)7(3-6)9(11)4-13-5-9/h1-3H,4-5H2. The number of halogens is 3. The molecule has 0 saturated carbocycles. The first-order chi connectivity index (χ1) is 6.12. The van der Waals surface area contributed by atoms with Crippen molar-refractivity contribution < 1.29 is 9.13 Å². The van der Waals surface area contributed by atoms with Gasteiger partial charge in [-0.1, -0.05) is 11.6 Å². The Labute approximate surface area is 85.4 Å². The summed E-state index contributed by atoms with van der Waals surface area (Å²) >= 11 is 11.8. The van der Waals surface area contributed by atoms with Gasteiger partial charge in [0.25, 0.3) is 0 Å². The zero-order valence-electron chi connectivity index (χ0n) is 6.69. The number of hydrogen-bond acceptors (Lipinski definition) is 1. The van der Waals surface area contributed by atoms with Gasteiger partial charge >= 0.3 is 0 Å². The van der Waals surface area contributed by atoms with Crippen LogP contribution in [0.15, 0.2) is 18.2 Å². The van der Waals surface area contributed by atoms with Gasteiger partial charge in [0.1, 0.15) is 10.7 Å². The van der Waals surface area contributed by atoms with Crippen molar-refractivity contribution in [2.75, 3.05) is 13.2 Å². The molecular weight excluding hydrogens is 214 g/mol. The fourth-order valence-electron chi connectivity index (χ4n) is 1.28. The number of rotatable bonds is 1. The van der Waals surface area contributed by atoms with E-state index in [-0.39, 0.29) is 5.82 Å². The maximum absolute atomic E-state index is 13.3. The van der Waals surface area contributed by atoms with Crippen molar-refractivity contribution in [1.82, 2.24) is 0 Å². The first-order valence-electron chi connectivity index (χ1n) is 3.84. The number of benzene rings is 1. The minimum Gasteiger partial charge on any atom is -0.377 e. The molecule has 0 spiro atoms. The fourth-order valence-corrected chi connectivity index (χ4v) is 1.75. The highest BCUT2D eigenvalue weighted by atomic mass is 35.5. The molecule has 1 fully saturated rings. The van der Waals surface area contributed by atoms with Gasteiger partial charge in [0.05, 0.1) is 13.2 Å². The molecular formula is C9H7Cl2FO. The van der Waals surface area contributed by atoms with E-state index in [0.717, 1.165) is 0 Å². The molecule has 4 heteroatoms. The molecule has 0 radical (unpaired) electrons. The normalized spacial score (nSPS) is 19.6. The lowest BCUT2D eigenvalue weighted by atomic mass is 9.96. The highest BCUT2D eigenvalue weighted by Crippen LogP contribution is 2.38. The molecule has 0 bridgehead atoms. The first-order valence-corrected chi connectivity index (χ1v) is 4.60. The van der Waals surface area contributed by atoms with E-state index in [9.17, 15) is 4.39 Å². The van der Waals surface area contributed by atoms with Gasteiger partial charge in [-0.3, -0.25) is 0 Å². The van der Waals surface area contributed by atoms with E-state index in [1.165, 1.54) is 12.1 Å². The predicted molar refractivity (Wildman–Crippen MR) is 49.8 cm³/mol. The van der Waals surface area contributed by atoms with Crippen molar-refractivity contribution in [3.05, 3.63) is 34.6 Å². The van der Waals surface area contributed by atoms with Crippen LogP contribution in [0.25, 0.3) is 0 Å². The van der Waals surface area contributed by atoms with Gasteiger partial charge in [-0.05, 0) is 18.2 Å². The monoisotopic (exact) mass is 220 g/mol. The van der Waals surface area contributed by atoms with Gasteiger partial charge in [-0.25, -0.2) is 4.39 Å². The Hall–Kier alpha value is -0.310. The highest BCUT2D eigenvalue weighted by Gasteiger charge is 2.40. The molecule has 1 saturated heterocycles.